The molecular formula is C8H8O3. The second kappa shape index (κ2) is 1.94. The molecule has 0 heterocycles. The number of allylic oxidation sites excluding steroid dienone is 1. The highest BCUT2D eigenvalue weighted by atomic mass is 16.5. The van der Waals surface area contributed by atoms with Crippen molar-refractivity contribution in [1.29, 1.82) is 0 Å². The molecule has 1 fully saturated rings. The SMILES string of the molecule is COC(=O)C1=C2CCC(=O)[C@@H]21. The third-order valence-electron chi connectivity index (χ3n) is 2.27. The van der Waals surface area contributed by atoms with Gasteiger partial charge in [0.1, 0.15) is 5.78 Å². The van der Waals surface area contributed by atoms with Crippen LogP contribution in [0, 0.1) is 5.92 Å². The lowest BCUT2D eigenvalue weighted by Crippen LogP contribution is -2.06. The Morgan fingerprint density at radius 2 is 2.27 bits per heavy atom. The summed E-state index contributed by atoms with van der Waals surface area (Å²) in [7, 11) is 1.34. The average molecular weight is 152 g/mol. The van der Waals surface area contributed by atoms with Crippen molar-refractivity contribution in [3.8, 4) is 0 Å². The summed E-state index contributed by atoms with van der Waals surface area (Å²) < 4.78 is 4.51. The van der Waals surface area contributed by atoms with Gasteiger partial charge in [0.2, 0.25) is 0 Å². The Kier molecular flexibility index (Phi) is 1.16. The number of carbonyl (C=O) groups excluding carboxylic acids is 2. The van der Waals surface area contributed by atoms with E-state index in [9.17, 15) is 9.59 Å². The second-order valence-electron chi connectivity index (χ2n) is 2.83. The molecule has 0 radical (unpaired) electrons. The van der Waals surface area contributed by atoms with E-state index in [0.717, 1.165) is 12.0 Å². The van der Waals surface area contributed by atoms with Crippen LogP contribution in [0.5, 0.6) is 0 Å². The van der Waals surface area contributed by atoms with Crippen LogP contribution in [0.1, 0.15) is 12.8 Å². The lowest BCUT2D eigenvalue weighted by atomic mass is 10.2. The first-order chi connectivity index (χ1) is 5.25. The number of esters is 1. The summed E-state index contributed by atoms with van der Waals surface area (Å²) in [6.07, 6.45) is 1.38. The Bertz CT molecular complexity index is 275. The molecule has 3 nitrogen and oxygen atoms in total. The highest BCUT2D eigenvalue weighted by Crippen LogP contribution is 2.49. The fraction of sp³-hybridized carbons (Fsp3) is 0.500. The van der Waals surface area contributed by atoms with Crippen molar-refractivity contribution < 1.29 is 14.3 Å². The molecule has 1 saturated carbocycles. The van der Waals surface area contributed by atoms with Gasteiger partial charge in [-0.15, -0.1) is 0 Å². The van der Waals surface area contributed by atoms with Crippen molar-refractivity contribution in [2.75, 3.05) is 7.11 Å². The topological polar surface area (TPSA) is 43.4 Å². The number of Topliss-reactive ketones (excluding diaryl/α,β-unsaturated/α-hetero) is 1. The van der Waals surface area contributed by atoms with Crippen molar-refractivity contribution >= 4 is 11.8 Å². The maximum Gasteiger partial charge on any atom is 0.334 e. The van der Waals surface area contributed by atoms with E-state index in [1.54, 1.807) is 0 Å². The molecule has 0 aromatic carbocycles. The molecule has 3 heteroatoms. The Hall–Kier alpha value is -1.12. The predicted molar refractivity (Wildman–Crippen MR) is 36.8 cm³/mol. The summed E-state index contributed by atoms with van der Waals surface area (Å²) >= 11 is 0. The zero-order chi connectivity index (χ0) is 8.01. The van der Waals surface area contributed by atoms with Gasteiger partial charge < -0.3 is 4.74 Å². The van der Waals surface area contributed by atoms with Crippen LogP contribution < -0.4 is 0 Å². The zero-order valence-corrected chi connectivity index (χ0v) is 6.22. The van der Waals surface area contributed by atoms with E-state index >= 15 is 0 Å². The Labute approximate surface area is 64.0 Å². The van der Waals surface area contributed by atoms with E-state index in [4.69, 9.17) is 0 Å². The molecule has 0 amide bonds. The first kappa shape index (κ1) is 6.58. The minimum absolute atomic E-state index is 0.137. The summed E-state index contributed by atoms with van der Waals surface area (Å²) in [6.45, 7) is 0. The summed E-state index contributed by atoms with van der Waals surface area (Å²) in [5.41, 5.74) is 1.64. The molecule has 1 atom stereocenters. The molecule has 0 saturated heterocycles. The Morgan fingerprint density at radius 1 is 1.55 bits per heavy atom. The monoisotopic (exact) mass is 152 g/mol. The molecule has 0 spiro atoms. The number of hydrogen-bond donors (Lipinski definition) is 0. The lowest BCUT2D eigenvalue weighted by Gasteiger charge is -1.94. The Balaban J connectivity index is 2.17. The van der Waals surface area contributed by atoms with Crippen molar-refractivity contribution in [2.24, 2.45) is 5.92 Å². The number of fused-ring (bicyclic) bond motifs is 1. The van der Waals surface area contributed by atoms with Gasteiger partial charge in [-0.25, -0.2) is 4.79 Å². The molecular weight excluding hydrogens is 144 g/mol. The van der Waals surface area contributed by atoms with Gasteiger partial charge in [0.15, 0.2) is 0 Å². The molecule has 58 valence electrons. The summed E-state index contributed by atoms with van der Waals surface area (Å²) in [6, 6.07) is 0. The number of rotatable bonds is 1. The molecule has 11 heavy (non-hydrogen) atoms. The van der Waals surface area contributed by atoms with Crippen LogP contribution in [0.2, 0.25) is 0 Å². The fourth-order valence-electron chi connectivity index (χ4n) is 1.66. The first-order valence-electron chi connectivity index (χ1n) is 3.59. The minimum atomic E-state index is -0.321. The lowest BCUT2D eigenvalue weighted by molar-refractivity contribution is -0.136. The number of hydrogen-bond acceptors (Lipinski definition) is 3. The summed E-state index contributed by atoms with van der Waals surface area (Å²) in [5.74, 6) is -0.277. The normalized spacial score (nSPS) is 27.0. The van der Waals surface area contributed by atoms with Crippen LogP contribution in [-0.2, 0) is 14.3 Å². The molecule has 0 N–H and O–H groups in total. The van der Waals surface area contributed by atoms with E-state index < -0.39 is 0 Å². The number of ether oxygens (including phenoxy) is 1. The number of ketones is 1. The maximum absolute atomic E-state index is 11.0. The van der Waals surface area contributed by atoms with Crippen molar-refractivity contribution in [3.05, 3.63) is 11.1 Å². The summed E-state index contributed by atoms with van der Waals surface area (Å²) in [5, 5.41) is 0. The van der Waals surface area contributed by atoms with Gasteiger partial charge in [-0.3, -0.25) is 4.79 Å². The zero-order valence-electron chi connectivity index (χ0n) is 6.22. The highest BCUT2D eigenvalue weighted by Gasteiger charge is 2.50. The van der Waals surface area contributed by atoms with E-state index in [2.05, 4.69) is 4.74 Å². The van der Waals surface area contributed by atoms with E-state index in [0.29, 0.717) is 12.0 Å². The van der Waals surface area contributed by atoms with Crippen molar-refractivity contribution in [2.45, 2.75) is 12.8 Å². The van der Waals surface area contributed by atoms with Crippen LogP contribution >= 0.6 is 0 Å². The van der Waals surface area contributed by atoms with Gasteiger partial charge in [-0.05, 0) is 12.0 Å². The molecule has 0 aliphatic heterocycles. The molecule has 0 unspecified atom stereocenters. The standard InChI is InChI=1S/C8H8O3/c1-11-8(10)7-4-2-3-5(9)6(4)7/h6H,2-3H2,1H3/t6-/m1/s1. The van der Waals surface area contributed by atoms with Gasteiger partial charge in [0.25, 0.3) is 0 Å². The van der Waals surface area contributed by atoms with E-state index in [-0.39, 0.29) is 17.7 Å². The van der Waals surface area contributed by atoms with E-state index in [1.807, 2.05) is 0 Å². The van der Waals surface area contributed by atoms with Crippen LogP contribution in [-0.4, -0.2) is 18.9 Å². The highest BCUT2D eigenvalue weighted by molar-refractivity contribution is 6.09. The molecule has 2 rings (SSSR count). The molecule has 0 bridgehead atoms. The Morgan fingerprint density at radius 3 is 2.73 bits per heavy atom. The molecule has 0 aromatic rings. The van der Waals surface area contributed by atoms with Gasteiger partial charge in [-0.2, -0.15) is 0 Å². The van der Waals surface area contributed by atoms with Gasteiger partial charge in [0.05, 0.1) is 18.6 Å². The van der Waals surface area contributed by atoms with Gasteiger partial charge in [-0.1, -0.05) is 0 Å². The van der Waals surface area contributed by atoms with Crippen molar-refractivity contribution in [1.82, 2.24) is 0 Å². The summed E-state index contributed by atoms with van der Waals surface area (Å²) in [4.78, 5) is 21.9. The number of methoxy groups -OCH3 is 1. The molecule has 0 aromatic heterocycles. The second-order valence-corrected chi connectivity index (χ2v) is 2.83. The molecule has 2 aliphatic carbocycles. The van der Waals surface area contributed by atoms with Crippen LogP contribution in [0.4, 0.5) is 0 Å². The minimum Gasteiger partial charge on any atom is -0.466 e. The predicted octanol–water partition coefficient (Wildman–Crippen LogP) is 0.449. The fourth-order valence-corrected chi connectivity index (χ4v) is 1.66. The quantitative estimate of drug-likeness (QED) is 0.512. The van der Waals surface area contributed by atoms with Crippen LogP contribution in [0.3, 0.4) is 0 Å². The molecule has 2 aliphatic rings. The van der Waals surface area contributed by atoms with Crippen molar-refractivity contribution in [3.63, 3.8) is 0 Å². The number of carbonyl (C=O) groups is 2. The van der Waals surface area contributed by atoms with Gasteiger partial charge in [0, 0.05) is 6.42 Å². The van der Waals surface area contributed by atoms with Crippen LogP contribution in [0.15, 0.2) is 11.1 Å². The van der Waals surface area contributed by atoms with E-state index in [1.165, 1.54) is 7.11 Å². The van der Waals surface area contributed by atoms with Gasteiger partial charge >= 0.3 is 5.97 Å². The van der Waals surface area contributed by atoms with Crippen LogP contribution in [0.25, 0.3) is 0 Å². The smallest absolute Gasteiger partial charge is 0.334 e. The average Bonchev–Trinajstić information content (AvgIpc) is 2.63. The largest absolute Gasteiger partial charge is 0.466 e. The third kappa shape index (κ3) is 0.737. The maximum atomic E-state index is 11.0. The first-order valence-corrected chi connectivity index (χ1v) is 3.59. The third-order valence-corrected chi connectivity index (χ3v) is 2.27.